The average molecular weight is 687 g/mol. The first-order chi connectivity index (χ1) is 21.5. The Morgan fingerprint density at radius 2 is 1.47 bits per heavy atom. The molecule has 0 radical (unpaired) electrons. The molecule has 1 N–H and O–H groups in total. The third-order valence-electron chi connectivity index (χ3n) is 7.15. The molecule has 0 heterocycles. The Morgan fingerprint density at radius 1 is 0.822 bits per heavy atom. The van der Waals surface area contributed by atoms with Crippen LogP contribution in [-0.2, 0) is 32.6 Å². The second-order valence-corrected chi connectivity index (χ2v) is 13.7. The number of hydrogen-bond donors (Lipinski definition) is 1. The zero-order valence-corrected chi connectivity index (χ0v) is 28.0. The lowest BCUT2D eigenvalue weighted by Crippen LogP contribution is -2.53. The van der Waals surface area contributed by atoms with Crippen LogP contribution in [0.5, 0.6) is 0 Å². The number of anilines is 1. The van der Waals surface area contributed by atoms with Gasteiger partial charge >= 0.3 is 0 Å². The summed E-state index contributed by atoms with van der Waals surface area (Å²) < 4.78 is 29.3. The maximum absolute atomic E-state index is 14.5. The third kappa shape index (κ3) is 9.01. The van der Waals surface area contributed by atoms with Gasteiger partial charge in [0.15, 0.2) is 0 Å². The SMILES string of the molecule is CCCNC(=O)C(Cc1ccccc1)N(Cc1ccc(Cl)cc1)C(=O)CN(c1cc(Cl)ccc1Cl)S(=O)(=O)c1ccc(C)cc1. The minimum absolute atomic E-state index is 0.0226. The number of sulfonamides is 1. The van der Waals surface area contributed by atoms with Gasteiger partial charge in [0.1, 0.15) is 12.6 Å². The second-order valence-electron chi connectivity index (χ2n) is 10.6. The van der Waals surface area contributed by atoms with E-state index in [4.69, 9.17) is 34.8 Å². The molecule has 1 atom stereocenters. The van der Waals surface area contributed by atoms with Crippen LogP contribution in [0.15, 0.2) is 102 Å². The van der Waals surface area contributed by atoms with Crippen LogP contribution in [-0.4, -0.2) is 44.3 Å². The molecule has 7 nitrogen and oxygen atoms in total. The van der Waals surface area contributed by atoms with E-state index in [0.717, 1.165) is 15.4 Å². The van der Waals surface area contributed by atoms with Crippen LogP contribution >= 0.6 is 34.8 Å². The first-order valence-corrected chi connectivity index (χ1v) is 17.0. The van der Waals surface area contributed by atoms with E-state index in [2.05, 4.69) is 5.32 Å². The van der Waals surface area contributed by atoms with Gasteiger partial charge in [0.25, 0.3) is 10.0 Å². The molecule has 45 heavy (non-hydrogen) atoms. The summed E-state index contributed by atoms with van der Waals surface area (Å²) in [4.78, 5) is 29.6. The van der Waals surface area contributed by atoms with E-state index in [1.807, 2.05) is 44.2 Å². The number of aryl methyl sites for hydroxylation is 1. The molecule has 4 aromatic rings. The first kappa shape index (κ1) is 34.3. The maximum Gasteiger partial charge on any atom is 0.264 e. The van der Waals surface area contributed by atoms with Crippen molar-refractivity contribution in [3.8, 4) is 0 Å². The third-order valence-corrected chi connectivity index (χ3v) is 9.73. The van der Waals surface area contributed by atoms with Crippen LogP contribution in [0.1, 0.15) is 30.0 Å². The van der Waals surface area contributed by atoms with Gasteiger partial charge in [-0.2, -0.15) is 0 Å². The molecule has 236 valence electrons. The Hall–Kier alpha value is -3.56. The number of nitrogens with one attached hydrogen (secondary N) is 1. The predicted molar refractivity (Wildman–Crippen MR) is 181 cm³/mol. The van der Waals surface area contributed by atoms with Gasteiger partial charge in [0.05, 0.1) is 15.6 Å². The second kappa shape index (κ2) is 15.6. The van der Waals surface area contributed by atoms with Crippen molar-refractivity contribution in [3.63, 3.8) is 0 Å². The summed E-state index contributed by atoms with van der Waals surface area (Å²) in [5, 5.41) is 3.77. The zero-order chi connectivity index (χ0) is 32.6. The van der Waals surface area contributed by atoms with E-state index < -0.39 is 28.5 Å². The topological polar surface area (TPSA) is 86.8 Å². The molecule has 0 fully saturated rings. The Balaban J connectivity index is 1.82. The Kier molecular flexibility index (Phi) is 11.9. The van der Waals surface area contributed by atoms with Crippen molar-refractivity contribution in [3.05, 3.63) is 129 Å². The number of amides is 2. The number of carbonyl (C=O) groups excluding carboxylic acids is 2. The van der Waals surface area contributed by atoms with E-state index >= 15 is 0 Å². The van der Waals surface area contributed by atoms with E-state index in [0.29, 0.717) is 23.6 Å². The highest BCUT2D eigenvalue weighted by Crippen LogP contribution is 2.33. The number of carbonyl (C=O) groups is 2. The normalized spacial score (nSPS) is 11.9. The lowest BCUT2D eigenvalue weighted by atomic mass is 10.0. The summed E-state index contributed by atoms with van der Waals surface area (Å²) in [5.41, 5.74) is 2.46. The summed E-state index contributed by atoms with van der Waals surface area (Å²) >= 11 is 18.9. The standard InChI is InChI=1S/C34H34Cl3N3O4S/c1-3-19-38-34(42)32(20-25-7-5-4-6-8-25)39(22-26-11-13-27(35)14-12-26)33(41)23-40(31-21-28(36)15-18-30(31)37)45(43,44)29-16-9-24(2)10-17-29/h4-18,21,32H,3,19-20,22-23H2,1-2H3,(H,38,42). The first-order valence-electron chi connectivity index (χ1n) is 14.4. The van der Waals surface area contributed by atoms with Crippen molar-refractivity contribution >= 4 is 62.3 Å². The zero-order valence-electron chi connectivity index (χ0n) is 24.9. The monoisotopic (exact) mass is 685 g/mol. The highest BCUT2D eigenvalue weighted by atomic mass is 35.5. The van der Waals surface area contributed by atoms with Crippen LogP contribution in [0, 0.1) is 6.92 Å². The molecule has 4 aromatic carbocycles. The largest absolute Gasteiger partial charge is 0.354 e. The fourth-order valence-corrected chi connectivity index (χ4v) is 6.72. The average Bonchev–Trinajstić information content (AvgIpc) is 3.03. The molecule has 0 spiro atoms. The molecule has 0 aliphatic rings. The van der Waals surface area contributed by atoms with E-state index in [9.17, 15) is 18.0 Å². The van der Waals surface area contributed by atoms with Crippen molar-refractivity contribution in [1.82, 2.24) is 10.2 Å². The van der Waals surface area contributed by atoms with Crippen LogP contribution < -0.4 is 9.62 Å². The number of halogens is 3. The van der Waals surface area contributed by atoms with Gasteiger partial charge in [-0.15, -0.1) is 0 Å². The van der Waals surface area contributed by atoms with Crippen LogP contribution in [0.4, 0.5) is 5.69 Å². The molecule has 0 aromatic heterocycles. The molecule has 0 bridgehead atoms. The molecule has 4 rings (SSSR count). The van der Waals surface area contributed by atoms with Crippen molar-refractivity contribution in [1.29, 1.82) is 0 Å². The van der Waals surface area contributed by atoms with Gasteiger partial charge < -0.3 is 10.2 Å². The van der Waals surface area contributed by atoms with Gasteiger partial charge in [-0.1, -0.05) is 102 Å². The number of benzene rings is 4. The summed E-state index contributed by atoms with van der Waals surface area (Å²) in [7, 11) is -4.31. The quantitative estimate of drug-likeness (QED) is 0.160. The molecule has 2 amide bonds. The molecule has 1 unspecified atom stereocenters. The molecule has 0 saturated heterocycles. The van der Waals surface area contributed by atoms with Crippen molar-refractivity contribution < 1.29 is 18.0 Å². The van der Waals surface area contributed by atoms with E-state index in [-0.39, 0.29) is 39.5 Å². The smallest absolute Gasteiger partial charge is 0.264 e. The van der Waals surface area contributed by atoms with Gasteiger partial charge in [0, 0.05) is 29.6 Å². The van der Waals surface area contributed by atoms with Crippen molar-refractivity contribution in [2.75, 3.05) is 17.4 Å². The van der Waals surface area contributed by atoms with Gasteiger partial charge in [0.2, 0.25) is 11.8 Å². The van der Waals surface area contributed by atoms with Crippen molar-refractivity contribution in [2.24, 2.45) is 0 Å². The fraction of sp³-hybridized carbons (Fsp3) is 0.235. The number of nitrogens with zero attached hydrogens (tertiary/aromatic N) is 2. The highest BCUT2D eigenvalue weighted by Gasteiger charge is 2.35. The Labute approximate surface area is 279 Å². The lowest BCUT2D eigenvalue weighted by molar-refractivity contribution is -0.140. The maximum atomic E-state index is 14.5. The van der Waals surface area contributed by atoms with Crippen LogP contribution in [0.25, 0.3) is 0 Å². The van der Waals surface area contributed by atoms with Gasteiger partial charge in [-0.05, 0) is 66.9 Å². The van der Waals surface area contributed by atoms with Crippen LogP contribution in [0.2, 0.25) is 15.1 Å². The van der Waals surface area contributed by atoms with Crippen molar-refractivity contribution in [2.45, 2.75) is 44.2 Å². The number of hydrogen-bond acceptors (Lipinski definition) is 4. The molecule has 0 aliphatic carbocycles. The van der Waals surface area contributed by atoms with Gasteiger partial charge in [-0.25, -0.2) is 8.42 Å². The predicted octanol–water partition coefficient (Wildman–Crippen LogP) is 7.32. The Bertz CT molecular complexity index is 1720. The fourth-order valence-electron chi connectivity index (χ4n) is 4.73. The molecule has 0 saturated carbocycles. The minimum Gasteiger partial charge on any atom is -0.354 e. The summed E-state index contributed by atoms with van der Waals surface area (Å²) in [6.07, 6.45) is 0.906. The van der Waals surface area contributed by atoms with E-state index in [1.54, 1.807) is 36.4 Å². The number of rotatable bonds is 13. The summed E-state index contributed by atoms with van der Waals surface area (Å²) in [6.45, 7) is 3.58. The molecule has 0 aliphatic heterocycles. The van der Waals surface area contributed by atoms with Crippen LogP contribution in [0.3, 0.4) is 0 Å². The molecular weight excluding hydrogens is 653 g/mol. The van der Waals surface area contributed by atoms with E-state index in [1.165, 1.54) is 35.2 Å². The molecule has 11 heteroatoms. The summed E-state index contributed by atoms with van der Waals surface area (Å²) in [6, 6.07) is 26.0. The summed E-state index contributed by atoms with van der Waals surface area (Å²) in [5.74, 6) is -0.957. The molecular formula is C34H34Cl3N3O4S. The lowest BCUT2D eigenvalue weighted by Gasteiger charge is -2.34. The minimum atomic E-state index is -4.31. The highest BCUT2D eigenvalue weighted by molar-refractivity contribution is 7.92. The van der Waals surface area contributed by atoms with Gasteiger partial charge in [-0.3, -0.25) is 13.9 Å². The Morgan fingerprint density at radius 3 is 2.11 bits per heavy atom.